The van der Waals surface area contributed by atoms with Crippen LogP contribution in [0.5, 0.6) is 11.5 Å². The van der Waals surface area contributed by atoms with Gasteiger partial charge in [-0.2, -0.15) is 0 Å². The van der Waals surface area contributed by atoms with Crippen LogP contribution in [-0.4, -0.2) is 41.3 Å². The van der Waals surface area contributed by atoms with E-state index in [-0.39, 0.29) is 18.3 Å². The smallest absolute Gasteiger partial charge is 0.266 e. The molecule has 0 atom stereocenters. The lowest BCUT2D eigenvalue weighted by molar-refractivity contribution is -0.121. The van der Waals surface area contributed by atoms with E-state index in [0.29, 0.717) is 33.0 Å². The fourth-order valence-electron chi connectivity index (χ4n) is 2.70. The zero-order valence-corrected chi connectivity index (χ0v) is 18.2. The molecule has 1 aliphatic rings. The summed E-state index contributed by atoms with van der Waals surface area (Å²) in [5.41, 5.74) is 1.19. The summed E-state index contributed by atoms with van der Waals surface area (Å²) in [4.78, 5) is 26.5. The van der Waals surface area contributed by atoms with Crippen molar-refractivity contribution in [3.8, 4) is 11.5 Å². The first-order valence-electron chi connectivity index (χ1n) is 9.14. The van der Waals surface area contributed by atoms with Gasteiger partial charge in [0.05, 0.1) is 12.0 Å². The number of thioether (sulfide) groups is 1. The van der Waals surface area contributed by atoms with Crippen molar-refractivity contribution in [2.24, 2.45) is 0 Å². The second kappa shape index (κ2) is 10.2. The zero-order chi connectivity index (χ0) is 22.4. The van der Waals surface area contributed by atoms with E-state index < -0.39 is 5.91 Å². The van der Waals surface area contributed by atoms with Gasteiger partial charge in [-0.05, 0) is 48.0 Å². The number of ether oxygens (including phenoxy) is 2. The standard InChI is InChI=1S/C22H19FN2O4S2/c1-3-10-25-21(27)19(31-22(25)30)12-14-4-9-17(18(11-14)28-2)29-13-20(26)24-16-7-5-15(23)6-8-16/h3-9,11-12H,1,10,13H2,2H3,(H,24,26)/b19-12-. The number of benzene rings is 2. The monoisotopic (exact) mass is 458 g/mol. The van der Waals surface area contributed by atoms with Gasteiger partial charge in [-0.3, -0.25) is 14.5 Å². The van der Waals surface area contributed by atoms with Gasteiger partial charge in [0.15, 0.2) is 18.1 Å². The molecule has 1 N–H and O–H groups in total. The highest BCUT2D eigenvalue weighted by molar-refractivity contribution is 8.26. The van der Waals surface area contributed by atoms with E-state index in [9.17, 15) is 14.0 Å². The minimum Gasteiger partial charge on any atom is -0.493 e. The second-order valence-corrected chi connectivity index (χ2v) is 8.01. The quantitative estimate of drug-likeness (QED) is 0.363. The molecule has 0 radical (unpaired) electrons. The van der Waals surface area contributed by atoms with E-state index in [4.69, 9.17) is 21.7 Å². The molecule has 1 heterocycles. The van der Waals surface area contributed by atoms with Gasteiger partial charge in [-0.15, -0.1) is 6.58 Å². The van der Waals surface area contributed by atoms with Crippen LogP contribution in [-0.2, 0) is 9.59 Å². The van der Waals surface area contributed by atoms with Crippen LogP contribution in [0.25, 0.3) is 6.08 Å². The van der Waals surface area contributed by atoms with Crippen LogP contribution in [0, 0.1) is 5.82 Å². The molecule has 6 nitrogen and oxygen atoms in total. The molecule has 0 unspecified atom stereocenters. The maximum atomic E-state index is 12.9. The number of nitrogens with one attached hydrogen (secondary N) is 1. The summed E-state index contributed by atoms with van der Waals surface area (Å²) < 4.78 is 24.3. The molecule has 1 saturated heterocycles. The van der Waals surface area contributed by atoms with E-state index in [1.807, 2.05) is 0 Å². The summed E-state index contributed by atoms with van der Waals surface area (Å²) in [6.45, 7) is 3.74. The molecule has 0 spiro atoms. The molecular weight excluding hydrogens is 439 g/mol. The van der Waals surface area contributed by atoms with Crippen LogP contribution in [0.2, 0.25) is 0 Å². The number of amides is 2. The third-order valence-electron chi connectivity index (χ3n) is 4.16. The molecule has 0 aromatic heterocycles. The van der Waals surface area contributed by atoms with Crippen LogP contribution in [0.4, 0.5) is 10.1 Å². The first-order chi connectivity index (χ1) is 14.9. The van der Waals surface area contributed by atoms with E-state index in [0.717, 1.165) is 5.56 Å². The topological polar surface area (TPSA) is 67.9 Å². The number of halogens is 1. The summed E-state index contributed by atoms with van der Waals surface area (Å²) in [5.74, 6) is -0.185. The lowest BCUT2D eigenvalue weighted by Gasteiger charge is -2.12. The molecule has 2 amide bonds. The predicted molar refractivity (Wildman–Crippen MR) is 124 cm³/mol. The van der Waals surface area contributed by atoms with Gasteiger partial charge in [-0.1, -0.05) is 36.1 Å². The predicted octanol–water partition coefficient (Wildman–Crippen LogP) is 4.24. The van der Waals surface area contributed by atoms with Crippen molar-refractivity contribution < 1.29 is 23.5 Å². The van der Waals surface area contributed by atoms with E-state index in [1.54, 1.807) is 30.4 Å². The molecule has 1 fully saturated rings. The van der Waals surface area contributed by atoms with Crippen molar-refractivity contribution >= 4 is 51.9 Å². The Bertz CT molecular complexity index is 1050. The van der Waals surface area contributed by atoms with Crippen molar-refractivity contribution in [3.63, 3.8) is 0 Å². The first kappa shape index (κ1) is 22.5. The third kappa shape index (κ3) is 5.71. The lowest BCUT2D eigenvalue weighted by Crippen LogP contribution is -2.27. The second-order valence-electron chi connectivity index (χ2n) is 6.34. The van der Waals surface area contributed by atoms with E-state index in [2.05, 4.69) is 11.9 Å². The van der Waals surface area contributed by atoms with E-state index in [1.165, 1.54) is 48.0 Å². The molecule has 0 aliphatic carbocycles. The molecule has 1 aliphatic heterocycles. The fourth-order valence-corrected chi connectivity index (χ4v) is 3.98. The van der Waals surface area contributed by atoms with Gasteiger partial charge < -0.3 is 14.8 Å². The highest BCUT2D eigenvalue weighted by atomic mass is 32.2. The summed E-state index contributed by atoms with van der Waals surface area (Å²) in [6.07, 6.45) is 3.34. The number of hydrogen-bond acceptors (Lipinski definition) is 6. The molecule has 2 aromatic carbocycles. The van der Waals surface area contributed by atoms with Gasteiger partial charge in [0, 0.05) is 12.2 Å². The van der Waals surface area contributed by atoms with Crippen LogP contribution in [0.15, 0.2) is 60.0 Å². The molecule has 3 rings (SSSR count). The van der Waals surface area contributed by atoms with Crippen LogP contribution >= 0.6 is 24.0 Å². The molecular formula is C22H19FN2O4S2. The summed E-state index contributed by atoms with van der Waals surface area (Å²) in [6, 6.07) is 10.5. The molecule has 0 bridgehead atoms. The van der Waals surface area contributed by atoms with Crippen LogP contribution in [0.3, 0.4) is 0 Å². The van der Waals surface area contributed by atoms with Crippen LogP contribution < -0.4 is 14.8 Å². The molecule has 9 heteroatoms. The fraction of sp³-hybridized carbons (Fsp3) is 0.136. The van der Waals surface area contributed by atoms with E-state index >= 15 is 0 Å². The molecule has 2 aromatic rings. The Morgan fingerprint density at radius 3 is 2.68 bits per heavy atom. The minimum atomic E-state index is -0.399. The highest BCUT2D eigenvalue weighted by Gasteiger charge is 2.31. The molecule has 31 heavy (non-hydrogen) atoms. The number of rotatable bonds is 8. The molecule has 0 saturated carbocycles. The SMILES string of the molecule is C=CCN1C(=O)/C(=C/c2ccc(OCC(=O)Nc3ccc(F)cc3)c(OC)c2)SC1=S. The summed E-state index contributed by atoms with van der Waals surface area (Å²) in [5, 5.41) is 2.61. The first-order valence-corrected chi connectivity index (χ1v) is 10.4. The van der Waals surface area contributed by atoms with Gasteiger partial charge in [0.25, 0.3) is 11.8 Å². The van der Waals surface area contributed by atoms with Gasteiger partial charge >= 0.3 is 0 Å². The van der Waals surface area contributed by atoms with Gasteiger partial charge in [-0.25, -0.2) is 4.39 Å². The number of hydrogen-bond donors (Lipinski definition) is 1. The van der Waals surface area contributed by atoms with Gasteiger partial charge in [0.2, 0.25) is 0 Å². The Labute approximate surface area is 188 Å². The van der Waals surface area contributed by atoms with Crippen molar-refractivity contribution in [2.75, 3.05) is 25.6 Å². The minimum absolute atomic E-state index is 0.174. The highest BCUT2D eigenvalue weighted by Crippen LogP contribution is 2.34. The maximum Gasteiger partial charge on any atom is 0.266 e. The summed E-state index contributed by atoms with van der Waals surface area (Å²) in [7, 11) is 1.48. The number of nitrogens with zero attached hydrogens (tertiary/aromatic N) is 1. The number of anilines is 1. The normalized spacial score (nSPS) is 14.6. The average Bonchev–Trinajstić information content (AvgIpc) is 3.02. The Hall–Kier alpha value is -3.17. The average molecular weight is 459 g/mol. The third-order valence-corrected chi connectivity index (χ3v) is 5.54. The Morgan fingerprint density at radius 1 is 1.26 bits per heavy atom. The Balaban J connectivity index is 1.66. The Morgan fingerprint density at radius 2 is 2.00 bits per heavy atom. The largest absolute Gasteiger partial charge is 0.493 e. The molecule has 160 valence electrons. The van der Waals surface area contributed by atoms with Gasteiger partial charge in [0.1, 0.15) is 10.1 Å². The van der Waals surface area contributed by atoms with Crippen molar-refractivity contribution in [1.82, 2.24) is 4.90 Å². The number of methoxy groups -OCH3 is 1. The number of carbonyl (C=O) groups excluding carboxylic acids is 2. The Kier molecular flexibility index (Phi) is 7.43. The lowest BCUT2D eigenvalue weighted by atomic mass is 10.2. The zero-order valence-electron chi connectivity index (χ0n) is 16.6. The number of carbonyl (C=O) groups is 2. The number of thiocarbonyl (C=S) groups is 1. The maximum absolute atomic E-state index is 12.9. The van der Waals surface area contributed by atoms with Crippen molar-refractivity contribution in [1.29, 1.82) is 0 Å². The van der Waals surface area contributed by atoms with Crippen molar-refractivity contribution in [3.05, 3.63) is 71.4 Å². The van der Waals surface area contributed by atoms with Crippen LogP contribution in [0.1, 0.15) is 5.56 Å². The van der Waals surface area contributed by atoms with Crippen molar-refractivity contribution in [2.45, 2.75) is 0 Å². The summed E-state index contributed by atoms with van der Waals surface area (Å²) >= 11 is 6.46.